The van der Waals surface area contributed by atoms with Gasteiger partial charge in [-0.05, 0) is 59.9 Å². The summed E-state index contributed by atoms with van der Waals surface area (Å²) < 4.78 is 13.4. The molecule has 0 spiro atoms. The maximum atomic E-state index is 13.4. The zero-order valence-electron chi connectivity index (χ0n) is 16.2. The topological polar surface area (TPSA) is 41.1 Å². The highest BCUT2D eigenvalue weighted by Gasteiger charge is 2.36. The zero-order chi connectivity index (χ0) is 20.7. The van der Waals surface area contributed by atoms with Crippen LogP contribution in [0, 0.1) is 5.82 Å². The Kier molecular flexibility index (Phi) is 4.80. The highest BCUT2D eigenvalue weighted by molar-refractivity contribution is 6.30. The summed E-state index contributed by atoms with van der Waals surface area (Å²) in [6.45, 7) is 0. The van der Waals surface area contributed by atoms with Gasteiger partial charge in [-0.15, -0.1) is 0 Å². The van der Waals surface area contributed by atoms with Crippen LogP contribution in [0.1, 0.15) is 35.9 Å². The number of para-hydroxylation sites is 2. The number of benzene rings is 3. The number of anilines is 2. The second kappa shape index (κ2) is 7.62. The normalized spacial score (nSPS) is 20.5. The Morgan fingerprint density at radius 2 is 1.63 bits per heavy atom. The van der Waals surface area contributed by atoms with Gasteiger partial charge in [0.15, 0.2) is 5.78 Å². The van der Waals surface area contributed by atoms with E-state index in [4.69, 9.17) is 11.6 Å². The molecule has 1 aliphatic carbocycles. The van der Waals surface area contributed by atoms with Crippen molar-refractivity contribution in [3.63, 3.8) is 0 Å². The van der Waals surface area contributed by atoms with Crippen molar-refractivity contribution in [2.45, 2.75) is 24.8 Å². The van der Waals surface area contributed by atoms with Crippen LogP contribution in [-0.4, -0.2) is 5.78 Å². The third-order valence-corrected chi connectivity index (χ3v) is 6.07. The van der Waals surface area contributed by atoms with Gasteiger partial charge < -0.3 is 10.6 Å². The molecule has 0 aromatic heterocycles. The fourth-order valence-electron chi connectivity index (χ4n) is 4.40. The Morgan fingerprint density at radius 1 is 0.867 bits per heavy atom. The molecule has 1 aliphatic heterocycles. The first-order chi connectivity index (χ1) is 14.6. The second-order valence-electron chi connectivity index (χ2n) is 7.78. The minimum Gasteiger partial charge on any atom is -0.372 e. The van der Waals surface area contributed by atoms with Crippen LogP contribution in [0.4, 0.5) is 15.8 Å². The van der Waals surface area contributed by atoms with Crippen molar-refractivity contribution in [3.8, 4) is 0 Å². The van der Waals surface area contributed by atoms with Gasteiger partial charge in [0, 0.05) is 22.7 Å². The first kappa shape index (κ1) is 18.9. The van der Waals surface area contributed by atoms with E-state index in [1.807, 2.05) is 48.5 Å². The van der Waals surface area contributed by atoms with Crippen LogP contribution < -0.4 is 10.6 Å². The van der Waals surface area contributed by atoms with Gasteiger partial charge in [0.05, 0.1) is 17.4 Å². The molecular formula is C25H20ClFN2O. The summed E-state index contributed by atoms with van der Waals surface area (Å²) in [7, 11) is 0. The van der Waals surface area contributed by atoms with Crippen LogP contribution in [0.3, 0.4) is 0 Å². The van der Waals surface area contributed by atoms with Gasteiger partial charge in [-0.25, -0.2) is 4.39 Å². The predicted molar refractivity (Wildman–Crippen MR) is 118 cm³/mol. The molecule has 5 heteroatoms. The quantitative estimate of drug-likeness (QED) is 0.501. The molecule has 1 heterocycles. The Hall–Kier alpha value is -3.11. The van der Waals surface area contributed by atoms with E-state index in [2.05, 4.69) is 10.6 Å². The molecule has 0 amide bonds. The van der Waals surface area contributed by atoms with Crippen LogP contribution in [0.2, 0.25) is 5.02 Å². The number of nitrogens with one attached hydrogen (secondary N) is 2. The van der Waals surface area contributed by atoms with E-state index >= 15 is 0 Å². The standard InChI is InChI=1S/C25H20ClFN2O/c26-18-5-3-4-16(12-18)25-24-22(28-20-6-1-2-7-21(20)29-25)13-17(14-23(24)30)15-8-10-19(27)11-9-15/h1-12,17,25,28-29H,13-14H2/t17-,25-/m1/s1. The molecule has 2 N–H and O–H groups in total. The van der Waals surface area contributed by atoms with Crippen LogP contribution in [0.15, 0.2) is 84.1 Å². The summed E-state index contributed by atoms with van der Waals surface area (Å²) >= 11 is 6.26. The van der Waals surface area contributed by atoms with E-state index in [1.165, 1.54) is 12.1 Å². The third kappa shape index (κ3) is 3.48. The summed E-state index contributed by atoms with van der Waals surface area (Å²) in [6.07, 6.45) is 1.07. The van der Waals surface area contributed by atoms with E-state index in [9.17, 15) is 9.18 Å². The SMILES string of the molecule is O=C1C[C@H](c2ccc(F)cc2)CC2=C1[C@@H](c1cccc(Cl)c1)Nc1ccccc1N2. The first-order valence-corrected chi connectivity index (χ1v) is 10.4. The summed E-state index contributed by atoms with van der Waals surface area (Å²) in [5.74, 6) is -0.175. The molecule has 0 fully saturated rings. The molecular weight excluding hydrogens is 399 g/mol. The number of hydrogen-bond donors (Lipinski definition) is 2. The maximum Gasteiger partial charge on any atom is 0.163 e. The van der Waals surface area contributed by atoms with Crippen molar-refractivity contribution in [3.05, 3.63) is 106 Å². The average Bonchev–Trinajstić information content (AvgIpc) is 2.91. The average molecular weight is 419 g/mol. The van der Waals surface area contributed by atoms with Crippen LogP contribution in [-0.2, 0) is 4.79 Å². The molecule has 150 valence electrons. The molecule has 0 saturated heterocycles. The maximum absolute atomic E-state index is 13.4. The van der Waals surface area contributed by atoms with Gasteiger partial charge >= 0.3 is 0 Å². The van der Waals surface area contributed by atoms with Crippen molar-refractivity contribution < 1.29 is 9.18 Å². The minimum absolute atomic E-state index is 0.00891. The number of carbonyl (C=O) groups excluding carboxylic acids is 1. The number of ketones is 1. The van der Waals surface area contributed by atoms with Crippen molar-refractivity contribution in [1.82, 2.24) is 0 Å². The molecule has 2 atom stereocenters. The van der Waals surface area contributed by atoms with Gasteiger partial charge in [-0.2, -0.15) is 0 Å². The van der Waals surface area contributed by atoms with Crippen LogP contribution in [0.25, 0.3) is 0 Å². The molecule has 0 radical (unpaired) electrons. The van der Waals surface area contributed by atoms with E-state index in [0.29, 0.717) is 17.9 Å². The number of halogens is 2. The van der Waals surface area contributed by atoms with Crippen molar-refractivity contribution in [2.75, 3.05) is 10.6 Å². The van der Waals surface area contributed by atoms with Crippen LogP contribution in [0.5, 0.6) is 0 Å². The Morgan fingerprint density at radius 3 is 2.40 bits per heavy atom. The summed E-state index contributed by atoms with van der Waals surface area (Å²) in [4.78, 5) is 13.4. The van der Waals surface area contributed by atoms with Crippen molar-refractivity contribution in [2.24, 2.45) is 0 Å². The van der Waals surface area contributed by atoms with Crippen molar-refractivity contribution in [1.29, 1.82) is 0 Å². The van der Waals surface area contributed by atoms with Crippen LogP contribution >= 0.6 is 11.6 Å². The van der Waals surface area contributed by atoms with Gasteiger partial charge in [0.1, 0.15) is 5.82 Å². The molecule has 2 aliphatic rings. The lowest BCUT2D eigenvalue weighted by Crippen LogP contribution is -2.26. The highest BCUT2D eigenvalue weighted by Crippen LogP contribution is 2.44. The summed E-state index contributed by atoms with van der Waals surface area (Å²) in [6, 6.07) is 21.7. The largest absolute Gasteiger partial charge is 0.372 e. The van der Waals surface area contributed by atoms with Crippen molar-refractivity contribution >= 4 is 28.8 Å². The van der Waals surface area contributed by atoms with Gasteiger partial charge in [-0.1, -0.05) is 48.0 Å². The monoisotopic (exact) mass is 418 g/mol. The molecule has 0 unspecified atom stereocenters. The number of carbonyl (C=O) groups is 1. The molecule has 0 saturated carbocycles. The number of allylic oxidation sites excluding steroid dienone is 1. The lowest BCUT2D eigenvalue weighted by atomic mass is 9.78. The zero-order valence-corrected chi connectivity index (χ0v) is 16.9. The fraction of sp³-hybridized carbons (Fsp3) is 0.160. The molecule has 30 heavy (non-hydrogen) atoms. The Labute approximate surface area is 179 Å². The summed E-state index contributed by atoms with van der Waals surface area (Å²) in [5, 5.41) is 7.69. The lowest BCUT2D eigenvalue weighted by molar-refractivity contribution is -0.116. The smallest absolute Gasteiger partial charge is 0.163 e. The molecule has 3 aromatic rings. The van der Waals surface area contributed by atoms with Gasteiger partial charge in [0.2, 0.25) is 0 Å². The lowest BCUT2D eigenvalue weighted by Gasteiger charge is -2.30. The number of fused-ring (bicyclic) bond motifs is 1. The van der Waals surface area contributed by atoms with E-state index in [-0.39, 0.29) is 23.6 Å². The van der Waals surface area contributed by atoms with E-state index in [1.54, 1.807) is 12.1 Å². The number of Topliss-reactive ketones (excluding diaryl/α,β-unsaturated/α-hetero) is 1. The summed E-state index contributed by atoms with van der Waals surface area (Å²) in [5.41, 5.74) is 5.44. The third-order valence-electron chi connectivity index (χ3n) is 5.83. The molecule has 5 rings (SSSR count). The van der Waals surface area contributed by atoms with Gasteiger partial charge in [-0.3, -0.25) is 4.79 Å². The number of hydrogen-bond acceptors (Lipinski definition) is 3. The van der Waals surface area contributed by atoms with Gasteiger partial charge in [0.25, 0.3) is 0 Å². The molecule has 3 nitrogen and oxygen atoms in total. The first-order valence-electron chi connectivity index (χ1n) is 9.98. The number of rotatable bonds is 2. The van der Waals surface area contributed by atoms with E-state index in [0.717, 1.165) is 33.8 Å². The Balaban J connectivity index is 1.61. The highest BCUT2D eigenvalue weighted by atomic mass is 35.5. The second-order valence-corrected chi connectivity index (χ2v) is 8.21. The van der Waals surface area contributed by atoms with E-state index < -0.39 is 0 Å². The fourth-order valence-corrected chi connectivity index (χ4v) is 4.60. The minimum atomic E-state index is -0.295. The molecule has 0 bridgehead atoms. The predicted octanol–water partition coefficient (Wildman–Crippen LogP) is 6.46. The molecule has 3 aromatic carbocycles. The Bertz CT molecular complexity index is 1160.